The number of aryl methyl sites for hydroxylation is 1. The molecule has 1 saturated heterocycles. The number of carbonyl (C=O) groups excluding carboxylic acids is 2. The number of phenols is 1. The molecule has 4 rings (SSSR count). The molecule has 5 atom stereocenters. The van der Waals surface area contributed by atoms with E-state index in [1.165, 1.54) is 18.2 Å². The van der Waals surface area contributed by atoms with Gasteiger partial charge in [0.1, 0.15) is 24.4 Å². The second-order valence-corrected chi connectivity index (χ2v) is 7.98. The average Bonchev–Trinajstić information content (AvgIpc) is 2.82. The van der Waals surface area contributed by atoms with E-state index in [0.29, 0.717) is 5.56 Å². The Morgan fingerprint density at radius 1 is 0.909 bits per heavy atom. The minimum atomic E-state index is -1.74. The van der Waals surface area contributed by atoms with Gasteiger partial charge in [-0.05, 0) is 24.5 Å². The summed E-state index contributed by atoms with van der Waals surface area (Å²) in [6.07, 6.45) is -7.43. The molecule has 0 aromatic heterocycles. The van der Waals surface area contributed by atoms with Gasteiger partial charge in [-0.3, -0.25) is 9.59 Å². The maximum Gasteiger partial charge on any atom is 0.229 e. The Labute approximate surface area is 188 Å². The third kappa shape index (κ3) is 3.90. The Balaban J connectivity index is 1.79. The second-order valence-electron chi connectivity index (χ2n) is 7.98. The highest BCUT2D eigenvalue weighted by Gasteiger charge is 2.45. The van der Waals surface area contributed by atoms with Gasteiger partial charge in [0.2, 0.25) is 6.29 Å². The van der Waals surface area contributed by atoms with Gasteiger partial charge in [-0.15, -0.1) is 0 Å². The number of rotatable bonds is 6. The number of benzene rings is 2. The van der Waals surface area contributed by atoms with Crippen LogP contribution in [-0.4, -0.2) is 86.1 Å². The normalized spacial score (nSPS) is 26.6. The van der Waals surface area contributed by atoms with Crippen LogP contribution in [0.5, 0.6) is 11.5 Å². The van der Waals surface area contributed by atoms with Crippen LogP contribution in [0.3, 0.4) is 0 Å². The summed E-state index contributed by atoms with van der Waals surface area (Å²) in [5, 5.41) is 59.8. The topological polar surface area (TPSA) is 174 Å². The van der Waals surface area contributed by atoms with Gasteiger partial charge in [-0.25, -0.2) is 0 Å². The molecule has 0 saturated carbocycles. The molecule has 0 unspecified atom stereocenters. The molecule has 1 aliphatic heterocycles. The van der Waals surface area contributed by atoms with Crippen molar-refractivity contribution in [3.8, 4) is 11.5 Å². The van der Waals surface area contributed by atoms with Crippen molar-refractivity contribution in [1.82, 2.24) is 0 Å². The number of aliphatic hydroxyl groups is 5. The van der Waals surface area contributed by atoms with Crippen LogP contribution >= 0.6 is 0 Å². The highest BCUT2D eigenvalue weighted by Crippen LogP contribution is 2.42. The fourth-order valence-electron chi connectivity index (χ4n) is 4.18. The lowest BCUT2D eigenvalue weighted by molar-refractivity contribution is -0.277. The minimum absolute atomic E-state index is 0.00537. The lowest BCUT2D eigenvalue weighted by atomic mass is 9.80. The number of fused-ring (bicyclic) bond motifs is 2. The van der Waals surface area contributed by atoms with Crippen molar-refractivity contribution in [2.75, 3.05) is 13.2 Å². The summed E-state index contributed by atoms with van der Waals surface area (Å²) in [4.78, 5) is 26.4. The molecule has 1 fully saturated rings. The van der Waals surface area contributed by atoms with Crippen LogP contribution in [0.2, 0.25) is 0 Å². The molecule has 0 bridgehead atoms. The first kappa shape index (κ1) is 23.3. The molecular formula is C23H24O10. The van der Waals surface area contributed by atoms with E-state index < -0.39 is 54.6 Å². The Hall–Kier alpha value is -2.86. The molecule has 0 spiro atoms. The lowest BCUT2D eigenvalue weighted by Gasteiger charge is -2.39. The van der Waals surface area contributed by atoms with Gasteiger partial charge in [0, 0.05) is 23.3 Å². The highest BCUT2D eigenvalue weighted by molar-refractivity contribution is 6.30. The zero-order valence-electron chi connectivity index (χ0n) is 17.4. The summed E-state index contributed by atoms with van der Waals surface area (Å²) in [6.45, 7) is -0.857. The Morgan fingerprint density at radius 2 is 1.55 bits per heavy atom. The summed E-state index contributed by atoms with van der Waals surface area (Å²) in [7, 11) is 0. The molecule has 0 radical (unpaired) electrons. The Morgan fingerprint density at radius 3 is 2.15 bits per heavy atom. The molecule has 6 N–H and O–H groups in total. The quantitative estimate of drug-likeness (QED) is 0.275. The average molecular weight is 460 g/mol. The van der Waals surface area contributed by atoms with E-state index in [-0.39, 0.29) is 47.5 Å². The van der Waals surface area contributed by atoms with Crippen LogP contribution in [-0.2, 0) is 11.2 Å². The number of ketones is 2. The SMILES string of the molecule is O=C1c2ccccc2C(=O)c2c(O)c(O[C@H]3O[C@@H](CO)[C@H](O)[C@@H](O)[C@@H]3O)cc(CCCO)c21. The van der Waals surface area contributed by atoms with Gasteiger partial charge in [0.25, 0.3) is 0 Å². The van der Waals surface area contributed by atoms with Crippen LogP contribution in [0.4, 0.5) is 0 Å². The first-order valence-electron chi connectivity index (χ1n) is 10.4. The zero-order chi connectivity index (χ0) is 23.9. The van der Waals surface area contributed by atoms with Crippen LogP contribution in [0.1, 0.15) is 43.8 Å². The fourth-order valence-corrected chi connectivity index (χ4v) is 4.18. The number of aromatic hydroxyl groups is 1. The van der Waals surface area contributed by atoms with Gasteiger partial charge in [-0.1, -0.05) is 24.3 Å². The van der Waals surface area contributed by atoms with Crippen LogP contribution in [0.15, 0.2) is 30.3 Å². The first-order valence-corrected chi connectivity index (χ1v) is 10.4. The Kier molecular flexibility index (Phi) is 6.48. The zero-order valence-corrected chi connectivity index (χ0v) is 17.4. The van der Waals surface area contributed by atoms with Gasteiger partial charge < -0.3 is 40.1 Å². The van der Waals surface area contributed by atoms with Crippen molar-refractivity contribution in [2.45, 2.75) is 43.5 Å². The summed E-state index contributed by atoms with van der Waals surface area (Å²) >= 11 is 0. The third-order valence-corrected chi connectivity index (χ3v) is 5.91. The molecular weight excluding hydrogens is 436 g/mol. The van der Waals surface area contributed by atoms with Crippen molar-refractivity contribution in [2.24, 2.45) is 0 Å². The minimum Gasteiger partial charge on any atom is -0.504 e. The van der Waals surface area contributed by atoms with Gasteiger partial charge in [0.05, 0.1) is 12.2 Å². The van der Waals surface area contributed by atoms with Crippen molar-refractivity contribution in [1.29, 1.82) is 0 Å². The van der Waals surface area contributed by atoms with E-state index in [2.05, 4.69) is 0 Å². The van der Waals surface area contributed by atoms with Gasteiger partial charge in [0.15, 0.2) is 23.1 Å². The maximum absolute atomic E-state index is 13.2. The van der Waals surface area contributed by atoms with Crippen LogP contribution in [0, 0.1) is 0 Å². The van der Waals surface area contributed by atoms with Crippen molar-refractivity contribution >= 4 is 11.6 Å². The summed E-state index contributed by atoms with van der Waals surface area (Å²) in [5.41, 5.74) is 0.384. The van der Waals surface area contributed by atoms with E-state index >= 15 is 0 Å². The molecule has 1 aliphatic carbocycles. The van der Waals surface area contributed by atoms with Gasteiger partial charge in [-0.2, -0.15) is 0 Å². The van der Waals surface area contributed by atoms with Crippen molar-refractivity contribution in [3.05, 3.63) is 58.1 Å². The number of ether oxygens (including phenoxy) is 2. The lowest BCUT2D eigenvalue weighted by Crippen LogP contribution is -2.60. The molecule has 176 valence electrons. The van der Waals surface area contributed by atoms with Gasteiger partial charge >= 0.3 is 0 Å². The van der Waals surface area contributed by atoms with E-state index in [4.69, 9.17) is 9.47 Å². The van der Waals surface area contributed by atoms with Crippen LogP contribution < -0.4 is 4.74 Å². The third-order valence-electron chi connectivity index (χ3n) is 5.91. The van der Waals surface area contributed by atoms with Crippen molar-refractivity contribution in [3.63, 3.8) is 0 Å². The molecule has 0 amide bonds. The summed E-state index contributed by atoms with van der Waals surface area (Å²) < 4.78 is 10.9. The van der Waals surface area contributed by atoms with E-state index in [0.717, 1.165) is 0 Å². The molecule has 10 nitrogen and oxygen atoms in total. The Bertz CT molecular complexity index is 1080. The predicted octanol–water partition coefficient (Wildman–Crippen LogP) is -0.729. The molecule has 2 aliphatic rings. The number of hydrogen-bond acceptors (Lipinski definition) is 10. The standard InChI is InChI=1S/C23H24O10/c24-7-3-4-10-8-13(32-23-22(31)21(30)20(29)14(9-25)33-23)19(28)16-15(10)17(26)11-5-1-2-6-12(11)18(16)27/h1-2,5-6,8,14,20-25,28-31H,3-4,7,9H2/t14-,20-,21+,22-,23-/m0/s1. The predicted molar refractivity (Wildman–Crippen MR) is 111 cm³/mol. The van der Waals surface area contributed by atoms with Crippen LogP contribution in [0.25, 0.3) is 0 Å². The van der Waals surface area contributed by atoms with E-state index in [1.54, 1.807) is 12.1 Å². The molecule has 2 aromatic rings. The number of hydrogen-bond donors (Lipinski definition) is 6. The summed E-state index contributed by atoms with van der Waals surface area (Å²) in [5.74, 6) is -2.00. The molecule has 2 aromatic carbocycles. The second kappa shape index (κ2) is 9.18. The summed E-state index contributed by atoms with van der Waals surface area (Å²) in [6, 6.07) is 7.51. The first-order chi connectivity index (χ1) is 15.8. The largest absolute Gasteiger partial charge is 0.504 e. The smallest absolute Gasteiger partial charge is 0.229 e. The molecule has 33 heavy (non-hydrogen) atoms. The van der Waals surface area contributed by atoms with Crippen molar-refractivity contribution < 1.29 is 49.7 Å². The number of aliphatic hydroxyl groups excluding tert-OH is 5. The molecule has 1 heterocycles. The number of carbonyl (C=O) groups is 2. The fraction of sp³-hybridized carbons (Fsp3) is 0.391. The number of phenolic OH excluding ortho intramolecular Hbond substituents is 1. The monoisotopic (exact) mass is 460 g/mol. The molecule has 10 heteroatoms. The van der Waals surface area contributed by atoms with E-state index in [1.807, 2.05) is 0 Å². The maximum atomic E-state index is 13.2. The van der Waals surface area contributed by atoms with E-state index in [9.17, 15) is 40.2 Å². The highest BCUT2D eigenvalue weighted by atomic mass is 16.7.